The zero-order valence-corrected chi connectivity index (χ0v) is 8.54. The van der Waals surface area contributed by atoms with Crippen LogP contribution in [-0.2, 0) is 19.0 Å². The van der Waals surface area contributed by atoms with Crippen molar-refractivity contribution in [1.29, 1.82) is 0 Å². The molecule has 0 saturated carbocycles. The van der Waals surface area contributed by atoms with E-state index in [1.165, 1.54) is 0 Å². The quantitative estimate of drug-likeness (QED) is 0.779. The molecule has 0 aromatic heterocycles. The minimum atomic E-state index is -4.89. The molecular formula is C8H12F3NO4. The summed E-state index contributed by atoms with van der Waals surface area (Å²) >= 11 is 0. The Labute approximate surface area is 89.8 Å². The summed E-state index contributed by atoms with van der Waals surface area (Å²) in [6.07, 6.45) is -4.89. The molecule has 0 aromatic carbocycles. The van der Waals surface area contributed by atoms with Crippen LogP contribution in [0.1, 0.15) is 6.92 Å². The van der Waals surface area contributed by atoms with Crippen LogP contribution in [0.2, 0.25) is 0 Å². The molecular weight excluding hydrogens is 231 g/mol. The highest BCUT2D eigenvalue weighted by Gasteiger charge is 2.40. The van der Waals surface area contributed by atoms with Gasteiger partial charge in [-0.1, -0.05) is 0 Å². The first-order valence-corrected chi connectivity index (χ1v) is 4.66. The summed E-state index contributed by atoms with van der Waals surface area (Å²) in [6, 6.07) is -0.814. The van der Waals surface area contributed by atoms with Crippen LogP contribution in [0, 0.1) is 0 Å². The number of amides is 1. The maximum absolute atomic E-state index is 11.9. The van der Waals surface area contributed by atoms with E-state index < -0.39 is 24.6 Å². The van der Waals surface area contributed by atoms with Crippen LogP contribution in [0.15, 0.2) is 0 Å². The fourth-order valence-corrected chi connectivity index (χ4v) is 1.07. The van der Waals surface area contributed by atoms with E-state index >= 15 is 0 Å². The highest BCUT2D eigenvalue weighted by Crippen LogP contribution is 2.15. The maximum atomic E-state index is 11.9. The Morgan fingerprint density at radius 2 is 2.00 bits per heavy atom. The number of hydrogen-bond acceptors (Lipinski definition) is 4. The van der Waals surface area contributed by atoms with Gasteiger partial charge in [0.2, 0.25) is 0 Å². The molecule has 94 valence electrons. The first-order valence-electron chi connectivity index (χ1n) is 4.66. The predicted octanol–water partition coefficient (Wildman–Crippen LogP) is 0.400. The van der Waals surface area contributed by atoms with Gasteiger partial charge in [-0.05, 0) is 6.92 Å². The molecule has 8 heteroatoms. The monoisotopic (exact) mass is 243 g/mol. The second kappa shape index (κ2) is 5.46. The van der Waals surface area contributed by atoms with E-state index in [1.54, 1.807) is 12.2 Å². The number of carbonyl (C=O) groups is 1. The van der Waals surface area contributed by atoms with Gasteiger partial charge in [-0.2, -0.15) is 13.2 Å². The van der Waals surface area contributed by atoms with Gasteiger partial charge in [0.15, 0.2) is 0 Å². The molecule has 5 nitrogen and oxygen atoms in total. The average molecular weight is 243 g/mol. The molecule has 0 aliphatic carbocycles. The summed E-state index contributed by atoms with van der Waals surface area (Å²) in [4.78, 5) is 10.6. The van der Waals surface area contributed by atoms with E-state index in [2.05, 4.69) is 0 Å². The van der Waals surface area contributed by atoms with Crippen LogP contribution in [0.4, 0.5) is 13.2 Å². The Kier molecular flexibility index (Phi) is 4.51. The largest absolute Gasteiger partial charge is 0.471 e. The first-order chi connectivity index (χ1) is 7.43. The molecule has 1 rings (SSSR count). The van der Waals surface area contributed by atoms with Crippen molar-refractivity contribution < 1.29 is 32.2 Å². The molecule has 0 atom stereocenters. The molecule has 0 spiro atoms. The van der Waals surface area contributed by atoms with Crippen LogP contribution < -0.4 is 5.32 Å². The number of ether oxygens (including phenoxy) is 3. The van der Waals surface area contributed by atoms with Gasteiger partial charge in [-0.15, -0.1) is 0 Å². The van der Waals surface area contributed by atoms with Gasteiger partial charge in [0, 0.05) is 6.61 Å². The number of alkyl halides is 3. The van der Waals surface area contributed by atoms with Gasteiger partial charge in [-0.25, -0.2) is 0 Å². The zero-order chi connectivity index (χ0) is 12.2. The Bertz CT molecular complexity index is 238. The third-order valence-electron chi connectivity index (χ3n) is 1.76. The first kappa shape index (κ1) is 13.2. The number of halogens is 3. The molecule has 1 aliphatic heterocycles. The Balaban J connectivity index is 2.30. The molecule has 1 saturated heterocycles. The lowest BCUT2D eigenvalue weighted by atomic mass is 10.3. The van der Waals surface area contributed by atoms with Crippen molar-refractivity contribution in [2.24, 2.45) is 0 Å². The lowest BCUT2D eigenvalue weighted by molar-refractivity contribution is -0.314. The third kappa shape index (κ3) is 3.95. The molecule has 0 aromatic rings. The Hall–Kier alpha value is -0.860. The molecule has 1 N–H and O–H groups in total. The fraction of sp³-hybridized carbons (Fsp3) is 0.875. The molecule has 1 aliphatic rings. The van der Waals surface area contributed by atoms with Gasteiger partial charge < -0.3 is 19.5 Å². The standard InChI is InChI=1S/C8H12F3NO4/c1-2-14-7-15-3-5(4-16-7)12-6(13)8(9,10)11/h5,7H,2-4H2,1H3,(H,12,13). The number of carbonyl (C=O) groups excluding carboxylic acids is 1. The summed E-state index contributed by atoms with van der Waals surface area (Å²) in [5.41, 5.74) is 0. The number of nitrogens with one attached hydrogen (secondary N) is 1. The summed E-state index contributed by atoms with van der Waals surface area (Å²) in [5, 5.41) is 1.75. The van der Waals surface area contributed by atoms with Crippen LogP contribution in [0.25, 0.3) is 0 Å². The van der Waals surface area contributed by atoms with E-state index in [0.29, 0.717) is 6.61 Å². The molecule has 16 heavy (non-hydrogen) atoms. The highest BCUT2D eigenvalue weighted by atomic mass is 19.4. The number of rotatable bonds is 3. The second-order valence-corrected chi connectivity index (χ2v) is 3.08. The normalized spacial score (nSPS) is 26.5. The average Bonchev–Trinajstić information content (AvgIpc) is 2.20. The summed E-state index contributed by atoms with van der Waals surface area (Å²) in [5.74, 6) is -2.00. The SMILES string of the molecule is CCOC1OCC(NC(=O)C(F)(F)F)CO1. The zero-order valence-electron chi connectivity index (χ0n) is 8.54. The van der Waals surface area contributed by atoms with Gasteiger partial charge in [-0.3, -0.25) is 4.79 Å². The molecule has 0 unspecified atom stereocenters. The molecule has 1 heterocycles. The summed E-state index contributed by atoms with van der Waals surface area (Å²) in [6.45, 7) is 1.07. The fourth-order valence-electron chi connectivity index (χ4n) is 1.07. The Morgan fingerprint density at radius 3 is 2.44 bits per heavy atom. The van der Waals surface area contributed by atoms with E-state index in [4.69, 9.17) is 14.2 Å². The minimum absolute atomic E-state index is 0.0769. The van der Waals surface area contributed by atoms with Crippen molar-refractivity contribution in [1.82, 2.24) is 5.32 Å². The predicted molar refractivity (Wildman–Crippen MR) is 45.3 cm³/mol. The second-order valence-electron chi connectivity index (χ2n) is 3.08. The van der Waals surface area contributed by atoms with Crippen molar-refractivity contribution >= 4 is 5.91 Å². The van der Waals surface area contributed by atoms with Crippen molar-refractivity contribution in [2.75, 3.05) is 19.8 Å². The maximum Gasteiger partial charge on any atom is 0.471 e. The van der Waals surface area contributed by atoms with Crippen molar-refractivity contribution in [3.63, 3.8) is 0 Å². The topological polar surface area (TPSA) is 56.8 Å². The van der Waals surface area contributed by atoms with Gasteiger partial charge in [0.25, 0.3) is 6.48 Å². The van der Waals surface area contributed by atoms with Gasteiger partial charge in [0.05, 0.1) is 19.3 Å². The van der Waals surface area contributed by atoms with Crippen LogP contribution >= 0.6 is 0 Å². The van der Waals surface area contributed by atoms with Gasteiger partial charge in [0.1, 0.15) is 0 Å². The summed E-state index contributed by atoms with van der Waals surface area (Å²) < 4.78 is 50.4. The van der Waals surface area contributed by atoms with E-state index in [9.17, 15) is 18.0 Å². The molecule has 1 amide bonds. The van der Waals surface area contributed by atoms with Crippen molar-refractivity contribution in [2.45, 2.75) is 25.6 Å². The number of hydrogen-bond donors (Lipinski definition) is 1. The minimum Gasteiger partial charge on any atom is -0.341 e. The smallest absolute Gasteiger partial charge is 0.341 e. The van der Waals surface area contributed by atoms with Gasteiger partial charge >= 0.3 is 12.1 Å². The van der Waals surface area contributed by atoms with Crippen molar-refractivity contribution in [3.8, 4) is 0 Å². The van der Waals surface area contributed by atoms with Crippen molar-refractivity contribution in [3.05, 3.63) is 0 Å². The van der Waals surface area contributed by atoms with E-state index in [-0.39, 0.29) is 13.2 Å². The van der Waals surface area contributed by atoms with E-state index in [1.807, 2.05) is 0 Å². The lowest BCUT2D eigenvalue weighted by Crippen LogP contribution is -2.51. The lowest BCUT2D eigenvalue weighted by Gasteiger charge is -2.29. The third-order valence-corrected chi connectivity index (χ3v) is 1.76. The van der Waals surface area contributed by atoms with E-state index in [0.717, 1.165) is 0 Å². The molecule has 0 bridgehead atoms. The highest BCUT2D eigenvalue weighted by molar-refractivity contribution is 5.81. The molecule has 0 radical (unpaired) electrons. The Morgan fingerprint density at radius 1 is 1.44 bits per heavy atom. The summed E-state index contributed by atoms with van der Waals surface area (Å²) in [7, 11) is 0. The van der Waals surface area contributed by atoms with Crippen LogP contribution in [0.5, 0.6) is 0 Å². The molecule has 1 fully saturated rings. The van der Waals surface area contributed by atoms with Crippen LogP contribution in [-0.4, -0.2) is 44.4 Å². The van der Waals surface area contributed by atoms with Crippen LogP contribution in [0.3, 0.4) is 0 Å².